The first-order valence-electron chi connectivity index (χ1n) is 14.3. The van der Waals surface area contributed by atoms with Gasteiger partial charge in [-0.1, -0.05) is 18.2 Å². The summed E-state index contributed by atoms with van der Waals surface area (Å²) in [5.74, 6) is 3.18. The smallest absolute Gasteiger partial charge is 0.257 e. The molecule has 1 amide bonds. The van der Waals surface area contributed by atoms with Gasteiger partial charge in [0.1, 0.15) is 35.2 Å². The largest absolute Gasteiger partial charge is 0.497 e. The van der Waals surface area contributed by atoms with E-state index in [1.807, 2.05) is 79.7 Å². The fourth-order valence-corrected chi connectivity index (χ4v) is 5.21. The van der Waals surface area contributed by atoms with Crippen LogP contribution in [0, 0.1) is 6.92 Å². The molecular formula is C35H32N6O4. The van der Waals surface area contributed by atoms with Crippen molar-refractivity contribution < 1.29 is 19.0 Å². The minimum atomic E-state index is -0.279. The number of benzene rings is 4. The monoisotopic (exact) mass is 600 g/mol. The van der Waals surface area contributed by atoms with Gasteiger partial charge < -0.3 is 30.2 Å². The van der Waals surface area contributed by atoms with Gasteiger partial charge >= 0.3 is 0 Å². The standard InChI is InChI=1S/C35H32N6O4/c1-21-8-15-27-26(16-17-36-34(27)40-23-10-13-24(43-2)14-11-23)31(21)41-35(42)29-7-5-6-28-32(29)38-20-39-33(28)37-19-22-9-12-25(44-3)18-30(22)45-4/h5-18,20H,19H2,1-4H3,(H,36,40)(H,41,42)(H,37,38,39). The average molecular weight is 601 g/mol. The number of fused-ring (bicyclic) bond motifs is 2. The van der Waals surface area contributed by atoms with Gasteiger partial charge in [0.25, 0.3) is 5.91 Å². The quantitative estimate of drug-likeness (QED) is 0.151. The van der Waals surface area contributed by atoms with E-state index in [4.69, 9.17) is 14.2 Å². The van der Waals surface area contributed by atoms with Gasteiger partial charge in [0.2, 0.25) is 0 Å². The highest BCUT2D eigenvalue weighted by Gasteiger charge is 2.17. The van der Waals surface area contributed by atoms with Crippen molar-refractivity contribution in [3.8, 4) is 17.2 Å². The van der Waals surface area contributed by atoms with Crippen LogP contribution in [-0.4, -0.2) is 42.2 Å². The minimum Gasteiger partial charge on any atom is -0.497 e. The van der Waals surface area contributed by atoms with Crippen LogP contribution in [0.2, 0.25) is 0 Å². The molecule has 0 fully saturated rings. The lowest BCUT2D eigenvalue weighted by atomic mass is 10.0. The molecule has 0 aliphatic carbocycles. The number of hydrogen-bond donors (Lipinski definition) is 3. The highest BCUT2D eigenvalue weighted by Crippen LogP contribution is 2.33. The molecule has 6 aromatic rings. The number of aryl methyl sites for hydroxylation is 1. The number of ether oxygens (including phenoxy) is 3. The summed E-state index contributed by atoms with van der Waals surface area (Å²) in [5.41, 5.74) is 4.39. The predicted molar refractivity (Wildman–Crippen MR) is 177 cm³/mol. The molecule has 10 heteroatoms. The molecule has 3 N–H and O–H groups in total. The average Bonchev–Trinajstić information content (AvgIpc) is 3.08. The zero-order valence-corrected chi connectivity index (χ0v) is 25.3. The normalized spacial score (nSPS) is 10.8. The summed E-state index contributed by atoms with van der Waals surface area (Å²) in [6.45, 7) is 2.42. The number of carbonyl (C=O) groups excluding carboxylic acids is 1. The molecular weight excluding hydrogens is 568 g/mol. The Kier molecular flexibility index (Phi) is 8.28. The molecule has 226 valence electrons. The van der Waals surface area contributed by atoms with Crippen LogP contribution in [0.1, 0.15) is 21.5 Å². The van der Waals surface area contributed by atoms with Gasteiger partial charge in [0.05, 0.1) is 38.1 Å². The van der Waals surface area contributed by atoms with Crippen LogP contribution in [0.4, 0.5) is 23.0 Å². The Morgan fingerprint density at radius 1 is 0.756 bits per heavy atom. The molecule has 0 unspecified atom stereocenters. The van der Waals surface area contributed by atoms with Crippen LogP contribution in [0.25, 0.3) is 21.7 Å². The van der Waals surface area contributed by atoms with Crippen molar-refractivity contribution in [1.29, 1.82) is 0 Å². The van der Waals surface area contributed by atoms with E-state index in [0.717, 1.165) is 38.7 Å². The van der Waals surface area contributed by atoms with Gasteiger partial charge in [-0.3, -0.25) is 4.79 Å². The van der Waals surface area contributed by atoms with Crippen LogP contribution in [0.15, 0.2) is 91.4 Å². The number of carbonyl (C=O) groups is 1. The van der Waals surface area contributed by atoms with E-state index in [1.165, 1.54) is 6.33 Å². The number of aromatic nitrogens is 3. The number of para-hydroxylation sites is 1. The summed E-state index contributed by atoms with van der Waals surface area (Å²) in [7, 11) is 4.87. The van der Waals surface area contributed by atoms with Crippen molar-refractivity contribution in [2.75, 3.05) is 37.3 Å². The van der Waals surface area contributed by atoms with E-state index in [2.05, 4.69) is 30.9 Å². The fraction of sp³-hybridized carbons (Fsp3) is 0.143. The third-order valence-electron chi connectivity index (χ3n) is 7.60. The third kappa shape index (κ3) is 5.98. The molecule has 2 aromatic heterocycles. The number of nitrogens with one attached hydrogen (secondary N) is 3. The number of nitrogens with zero attached hydrogens (tertiary/aromatic N) is 3. The van der Waals surface area contributed by atoms with Gasteiger partial charge in [0, 0.05) is 46.2 Å². The first-order valence-corrected chi connectivity index (χ1v) is 14.3. The van der Waals surface area contributed by atoms with E-state index in [0.29, 0.717) is 46.4 Å². The van der Waals surface area contributed by atoms with Crippen molar-refractivity contribution in [1.82, 2.24) is 15.0 Å². The van der Waals surface area contributed by atoms with E-state index in [-0.39, 0.29) is 5.91 Å². The second-order valence-electron chi connectivity index (χ2n) is 10.3. The van der Waals surface area contributed by atoms with Gasteiger partial charge in [0.15, 0.2) is 0 Å². The van der Waals surface area contributed by atoms with Crippen molar-refractivity contribution in [3.63, 3.8) is 0 Å². The maximum atomic E-state index is 13.8. The van der Waals surface area contributed by atoms with Gasteiger partial charge in [-0.2, -0.15) is 0 Å². The highest BCUT2D eigenvalue weighted by molar-refractivity contribution is 6.16. The van der Waals surface area contributed by atoms with E-state index < -0.39 is 0 Å². The lowest BCUT2D eigenvalue weighted by Crippen LogP contribution is -2.14. The number of amides is 1. The molecule has 45 heavy (non-hydrogen) atoms. The Bertz CT molecular complexity index is 2010. The predicted octanol–water partition coefficient (Wildman–Crippen LogP) is 7.12. The fourth-order valence-electron chi connectivity index (χ4n) is 5.21. The number of methoxy groups -OCH3 is 3. The summed E-state index contributed by atoms with van der Waals surface area (Å²) < 4.78 is 16.1. The molecule has 0 atom stereocenters. The Hall–Kier alpha value is -5.90. The number of rotatable bonds is 10. The summed E-state index contributed by atoms with van der Waals surface area (Å²) >= 11 is 0. The van der Waals surface area contributed by atoms with E-state index in [9.17, 15) is 4.79 Å². The van der Waals surface area contributed by atoms with Crippen molar-refractivity contribution in [3.05, 3.63) is 108 Å². The number of pyridine rings is 1. The summed E-state index contributed by atoms with van der Waals surface area (Å²) in [6.07, 6.45) is 3.18. The summed E-state index contributed by atoms with van der Waals surface area (Å²) in [6, 6.07) is 24.6. The van der Waals surface area contributed by atoms with Crippen LogP contribution in [0.3, 0.4) is 0 Å². The number of hydrogen-bond acceptors (Lipinski definition) is 9. The Balaban J connectivity index is 1.28. The SMILES string of the molecule is COc1ccc(Nc2nccc3c(NC(=O)c4cccc5c(NCc6ccc(OC)cc6OC)ncnc45)c(C)ccc23)cc1. The Morgan fingerprint density at radius 2 is 1.56 bits per heavy atom. The van der Waals surface area contributed by atoms with Gasteiger partial charge in [-0.25, -0.2) is 15.0 Å². The zero-order chi connectivity index (χ0) is 31.3. The topological polar surface area (TPSA) is 120 Å². The lowest BCUT2D eigenvalue weighted by Gasteiger charge is -2.16. The maximum Gasteiger partial charge on any atom is 0.257 e. The Labute approximate surface area is 260 Å². The maximum absolute atomic E-state index is 13.8. The molecule has 0 radical (unpaired) electrons. The third-order valence-corrected chi connectivity index (χ3v) is 7.60. The minimum absolute atomic E-state index is 0.279. The summed E-state index contributed by atoms with van der Waals surface area (Å²) in [5, 5.41) is 12.4. The molecule has 2 heterocycles. The molecule has 0 aliphatic heterocycles. The van der Waals surface area contributed by atoms with Crippen LogP contribution < -0.4 is 30.2 Å². The Morgan fingerprint density at radius 3 is 2.33 bits per heavy atom. The van der Waals surface area contributed by atoms with Gasteiger partial charge in [-0.15, -0.1) is 0 Å². The van der Waals surface area contributed by atoms with E-state index in [1.54, 1.807) is 33.6 Å². The van der Waals surface area contributed by atoms with Gasteiger partial charge in [-0.05, 0) is 67.1 Å². The zero-order valence-electron chi connectivity index (χ0n) is 25.3. The molecule has 6 rings (SSSR count). The first kappa shape index (κ1) is 29.2. The van der Waals surface area contributed by atoms with Crippen molar-refractivity contribution in [2.45, 2.75) is 13.5 Å². The second-order valence-corrected chi connectivity index (χ2v) is 10.3. The van der Waals surface area contributed by atoms with Crippen LogP contribution >= 0.6 is 0 Å². The highest BCUT2D eigenvalue weighted by atomic mass is 16.5. The molecule has 0 spiro atoms. The number of anilines is 4. The lowest BCUT2D eigenvalue weighted by molar-refractivity contribution is 0.102. The van der Waals surface area contributed by atoms with Crippen molar-refractivity contribution >= 4 is 50.6 Å². The van der Waals surface area contributed by atoms with E-state index >= 15 is 0 Å². The van der Waals surface area contributed by atoms with Crippen molar-refractivity contribution in [2.24, 2.45) is 0 Å². The molecule has 0 bridgehead atoms. The molecule has 0 aliphatic rings. The molecule has 4 aromatic carbocycles. The van der Waals surface area contributed by atoms with Crippen LogP contribution in [0.5, 0.6) is 17.2 Å². The molecule has 0 saturated heterocycles. The summed E-state index contributed by atoms with van der Waals surface area (Å²) in [4.78, 5) is 27.4. The first-order chi connectivity index (χ1) is 22.0. The molecule has 10 nitrogen and oxygen atoms in total. The second kappa shape index (κ2) is 12.8. The molecule has 0 saturated carbocycles. The van der Waals surface area contributed by atoms with Crippen LogP contribution in [-0.2, 0) is 6.54 Å².